The highest BCUT2D eigenvalue weighted by atomic mass is 32.1. The number of esters is 1. The third kappa shape index (κ3) is 4.14. The molecule has 1 fully saturated rings. The summed E-state index contributed by atoms with van der Waals surface area (Å²) in [4.78, 5) is 26.3. The van der Waals surface area contributed by atoms with Gasteiger partial charge in [0, 0.05) is 19.3 Å². The number of carbonyl (C=O) groups is 2. The lowest BCUT2D eigenvalue weighted by atomic mass is 9.78. The SMILES string of the molecule is CCOC(=O)CN(C(=O)C1(C(N)=S)CCOCC1)C(C)C. The molecule has 0 aromatic rings. The van der Waals surface area contributed by atoms with Gasteiger partial charge in [0.05, 0.1) is 11.6 Å². The Kier molecular flexibility index (Phi) is 6.54. The standard InChI is InChI=1S/C14H24N2O4S/c1-4-20-11(17)9-16(10(2)3)13(18)14(12(15)21)5-7-19-8-6-14/h10H,4-9H2,1-3H3,(H2,15,21). The number of hydrogen-bond acceptors (Lipinski definition) is 5. The van der Waals surface area contributed by atoms with E-state index < -0.39 is 11.4 Å². The van der Waals surface area contributed by atoms with Crippen molar-refractivity contribution in [1.29, 1.82) is 0 Å². The van der Waals surface area contributed by atoms with Gasteiger partial charge in [-0.05, 0) is 33.6 Å². The minimum Gasteiger partial charge on any atom is -0.465 e. The van der Waals surface area contributed by atoms with Gasteiger partial charge < -0.3 is 20.1 Å². The van der Waals surface area contributed by atoms with Crippen LogP contribution in [-0.2, 0) is 19.1 Å². The summed E-state index contributed by atoms with van der Waals surface area (Å²) in [6.07, 6.45) is 0.903. The topological polar surface area (TPSA) is 81.9 Å². The van der Waals surface area contributed by atoms with Gasteiger partial charge in [0.1, 0.15) is 12.0 Å². The van der Waals surface area contributed by atoms with Crippen LogP contribution in [0.15, 0.2) is 0 Å². The fourth-order valence-electron chi connectivity index (χ4n) is 2.40. The predicted octanol–water partition coefficient (Wildman–Crippen LogP) is 0.869. The van der Waals surface area contributed by atoms with Crippen LogP contribution in [0.2, 0.25) is 0 Å². The zero-order valence-corrected chi connectivity index (χ0v) is 13.7. The van der Waals surface area contributed by atoms with Crippen molar-refractivity contribution in [2.75, 3.05) is 26.4 Å². The first kappa shape index (κ1) is 17.8. The summed E-state index contributed by atoms with van der Waals surface area (Å²) in [6.45, 7) is 6.51. The average Bonchev–Trinajstić information content (AvgIpc) is 2.44. The molecule has 0 saturated carbocycles. The van der Waals surface area contributed by atoms with E-state index in [1.807, 2.05) is 13.8 Å². The van der Waals surface area contributed by atoms with E-state index in [-0.39, 0.29) is 30.1 Å². The average molecular weight is 316 g/mol. The Hall–Kier alpha value is -1.21. The maximum Gasteiger partial charge on any atom is 0.325 e. The van der Waals surface area contributed by atoms with Gasteiger partial charge >= 0.3 is 5.97 Å². The number of amides is 1. The summed E-state index contributed by atoms with van der Waals surface area (Å²) < 4.78 is 10.2. The lowest BCUT2D eigenvalue weighted by molar-refractivity contribution is -0.154. The Morgan fingerprint density at radius 2 is 1.95 bits per heavy atom. The van der Waals surface area contributed by atoms with Crippen molar-refractivity contribution in [2.45, 2.75) is 39.7 Å². The van der Waals surface area contributed by atoms with Crippen LogP contribution in [-0.4, -0.2) is 54.2 Å². The molecule has 0 radical (unpaired) electrons. The van der Waals surface area contributed by atoms with Crippen LogP contribution in [0.5, 0.6) is 0 Å². The molecule has 1 amide bonds. The van der Waals surface area contributed by atoms with Crippen molar-refractivity contribution < 1.29 is 19.1 Å². The van der Waals surface area contributed by atoms with Gasteiger partial charge in [-0.1, -0.05) is 12.2 Å². The molecule has 6 nitrogen and oxygen atoms in total. The highest BCUT2D eigenvalue weighted by Gasteiger charge is 2.46. The van der Waals surface area contributed by atoms with Crippen molar-refractivity contribution in [3.05, 3.63) is 0 Å². The van der Waals surface area contributed by atoms with Crippen molar-refractivity contribution in [1.82, 2.24) is 4.90 Å². The fourth-order valence-corrected chi connectivity index (χ4v) is 2.69. The summed E-state index contributed by atoms with van der Waals surface area (Å²) in [7, 11) is 0. The van der Waals surface area contributed by atoms with Crippen molar-refractivity contribution in [2.24, 2.45) is 11.1 Å². The van der Waals surface area contributed by atoms with Crippen LogP contribution < -0.4 is 5.73 Å². The van der Waals surface area contributed by atoms with E-state index in [1.165, 1.54) is 4.90 Å². The molecule has 1 rings (SSSR count). The van der Waals surface area contributed by atoms with E-state index in [2.05, 4.69) is 0 Å². The second-order valence-electron chi connectivity index (χ2n) is 5.39. The van der Waals surface area contributed by atoms with Crippen LogP contribution in [0.1, 0.15) is 33.6 Å². The third-order valence-corrected chi connectivity index (χ3v) is 4.11. The minimum atomic E-state index is -0.912. The number of nitrogens with two attached hydrogens (primary N) is 1. The molecule has 21 heavy (non-hydrogen) atoms. The highest BCUT2D eigenvalue weighted by molar-refractivity contribution is 7.80. The van der Waals surface area contributed by atoms with E-state index in [0.717, 1.165) is 0 Å². The largest absolute Gasteiger partial charge is 0.465 e. The quantitative estimate of drug-likeness (QED) is 0.578. The van der Waals surface area contributed by atoms with E-state index in [4.69, 9.17) is 27.4 Å². The normalized spacial score (nSPS) is 17.3. The summed E-state index contributed by atoms with van der Waals surface area (Å²) in [5, 5.41) is 0. The van der Waals surface area contributed by atoms with Gasteiger partial charge in [-0.25, -0.2) is 0 Å². The van der Waals surface area contributed by atoms with Gasteiger partial charge in [-0.3, -0.25) is 9.59 Å². The van der Waals surface area contributed by atoms with E-state index in [0.29, 0.717) is 26.1 Å². The molecule has 1 aliphatic heterocycles. The van der Waals surface area contributed by atoms with Gasteiger partial charge in [0.15, 0.2) is 0 Å². The second kappa shape index (κ2) is 7.70. The van der Waals surface area contributed by atoms with E-state index >= 15 is 0 Å². The number of nitrogens with zero attached hydrogens (tertiary/aromatic N) is 1. The zero-order chi connectivity index (χ0) is 16.0. The van der Waals surface area contributed by atoms with E-state index in [9.17, 15) is 9.59 Å². The zero-order valence-electron chi connectivity index (χ0n) is 12.9. The first-order chi connectivity index (χ1) is 9.85. The van der Waals surface area contributed by atoms with Gasteiger partial charge in [0.25, 0.3) is 0 Å². The Balaban J connectivity index is 2.97. The molecule has 0 aromatic heterocycles. The molecule has 7 heteroatoms. The molecule has 0 unspecified atom stereocenters. The number of rotatable bonds is 6. The molecule has 0 spiro atoms. The molecular formula is C14H24N2O4S. The predicted molar refractivity (Wildman–Crippen MR) is 82.8 cm³/mol. The van der Waals surface area contributed by atoms with Crippen LogP contribution in [0.3, 0.4) is 0 Å². The Morgan fingerprint density at radius 3 is 2.38 bits per heavy atom. The van der Waals surface area contributed by atoms with Crippen LogP contribution in [0.25, 0.3) is 0 Å². The monoisotopic (exact) mass is 316 g/mol. The molecule has 0 aliphatic carbocycles. The lowest BCUT2D eigenvalue weighted by Gasteiger charge is -2.40. The highest BCUT2D eigenvalue weighted by Crippen LogP contribution is 2.34. The van der Waals surface area contributed by atoms with Crippen molar-refractivity contribution in [3.63, 3.8) is 0 Å². The number of ether oxygens (including phenoxy) is 2. The minimum absolute atomic E-state index is 0.0877. The fraction of sp³-hybridized carbons (Fsp3) is 0.786. The number of hydrogen-bond donors (Lipinski definition) is 1. The second-order valence-corrected chi connectivity index (χ2v) is 5.83. The van der Waals surface area contributed by atoms with Crippen LogP contribution in [0.4, 0.5) is 0 Å². The first-order valence-corrected chi connectivity index (χ1v) is 7.60. The van der Waals surface area contributed by atoms with Crippen LogP contribution in [0, 0.1) is 5.41 Å². The summed E-state index contributed by atoms with van der Waals surface area (Å²) in [5.74, 6) is -0.633. The summed E-state index contributed by atoms with van der Waals surface area (Å²) in [6, 6.07) is -0.143. The Labute approximate surface area is 130 Å². The Morgan fingerprint density at radius 1 is 1.38 bits per heavy atom. The van der Waals surface area contributed by atoms with Crippen molar-refractivity contribution in [3.8, 4) is 0 Å². The lowest BCUT2D eigenvalue weighted by Crippen LogP contribution is -2.56. The smallest absolute Gasteiger partial charge is 0.325 e. The maximum absolute atomic E-state index is 12.9. The van der Waals surface area contributed by atoms with Gasteiger partial charge in [-0.15, -0.1) is 0 Å². The molecule has 2 N–H and O–H groups in total. The molecular weight excluding hydrogens is 292 g/mol. The first-order valence-electron chi connectivity index (χ1n) is 7.19. The molecule has 0 atom stereocenters. The third-order valence-electron chi connectivity index (χ3n) is 3.72. The van der Waals surface area contributed by atoms with Gasteiger partial charge in [0.2, 0.25) is 5.91 Å². The maximum atomic E-state index is 12.9. The molecule has 120 valence electrons. The summed E-state index contributed by atoms with van der Waals surface area (Å²) >= 11 is 5.13. The molecule has 0 aromatic carbocycles. The molecule has 1 heterocycles. The molecule has 0 bridgehead atoms. The number of carbonyl (C=O) groups excluding carboxylic acids is 2. The van der Waals surface area contributed by atoms with E-state index in [1.54, 1.807) is 6.92 Å². The summed E-state index contributed by atoms with van der Waals surface area (Å²) in [5.41, 5.74) is 4.93. The molecule has 1 saturated heterocycles. The van der Waals surface area contributed by atoms with Gasteiger partial charge in [-0.2, -0.15) is 0 Å². The Bertz CT molecular complexity index is 406. The van der Waals surface area contributed by atoms with Crippen LogP contribution >= 0.6 is 12.2 Å². The van der Waals surface area contributed by atoms with Crippen molar-refractivity contribution >= 4 is 29.1 Å². The molecule has 1 aliphatic rings. The number of thiocarbonyl (C=S) groups is 1.